The zero-order chi connectivity index (χ0) is 13.1. The molecule has 2 rings (SSSR count). The Bertz CT molecular complexity index is 584. The van der Waals surface area contributed by atoms with Crippen LogP contribution in [0, 0.1) is 15.9 Å². The zero-order valence-corrected chi connectivity index (χ0v) is 9.41. The molecular formula is C10H9FN4O3. The monoisotopic (exact) mass is 252 g/mol. The Morgan fingerprint density at radius 3 is 2.94 bits per heavy atom. The number of aromatic nitrogens is 3. The Kier molecular flexibility index (Phi) is 3.18. The van der Waals surface area contributed by atoms with Crippen molar-refractivity contribution in [3.8, 4) is 5.75 Å². The largest absolute Gasteiger partial charge is 0.478 e. The maximum absolute atomic E-state index is 13.0. The molecule has 8 heteroatoms. The van der Waals surface area contributed by atoms with Crippen molar-refractivity contribution in [3.63, 3.8) is 0 Å². The van der Waals surface area contributed by atoms with Gasteiger partial charge in [-0.2, -0.15) is 0 Å². The summed E-state index contributed by atoms with van der Waals surface area (Å²) < 4.78 is 19.8. The lowest BCUT2D eigenvalue weighted by Crippen LogP contribution is -2.04. The van der Waals surface area contributed by atoms with Gasteiger partial charge in [-0.15, -0.1) is 10.2 Å². The Balaban J connectivity index is 2.20. The van der Waals surface area contributed by atoms with Crippen LogP contribution >= 0.6 is 0 Å². The van der Waals surface area contributed by atoms with Crippen molar-refractivity contribution in [1.82, 2.24) is 14.8 Å². The summed E-state index contributed by atoms with van der Waals surface area (Å²) in [6, 6.07) is 3.03. The van der Waals surface area contributed by atoms with Gasteiger partial charge < -0.3 is 9.30 Å². The fraction of sp³-hybridized carbons (Fsp3) is 0.200. The number of nitro benzene ring substituents is 1. The Hall–Kier alpha value is -2.51. The Morgan fingerprint density at radius 2 is 2.33 bits per heavy atom. The van der Waals surface area contributed by atoms with Crippen LogP contribution in [0.5, 0.6) is 5.75 Å². The normalized spacial score (nSPS) is 10.3. The van der Waals surface area contributed by atoms with Crippen molar-refractivity contribution >= 4 is 5.69 Å². The number of halogens is 1. The molecule has 2 aromatic rings. The summed E-state index contributed by atoms with van der Waals surface area (Å²) in [6.07, 6.45) is 1.47. The highest BCUT2D eigenvalue weighted by Gasteiger charge is 2.16. The van der Waals surface area contributed by atoms with Crippen molar-refractivity contribution < 1.29 is 14.1 Å². The van der Waals surface area contributed by atoms with Crippen LogP contribution in [0.2, 0.25) is 0 Å². The maximum Gasteiger partial charge on any atom is 0.311 e. The predicted octanol–water partition coefficient (Wildman–Crippen LogP) is 1.44. The molecule has 7 nitrogen and oxygen atoms in total. The van der Waals surface area contributed by atoms with Gasteiger partial charge in [-0.3, -0.25) is 10.1 Å². The molecular weight excluding hydrogens is 243 g/mol. The highest BCUT2D eigenvalue weighted by Crippen LogP contribution is 2.27. The number of hydrogen-bond acceptors (Lipinski definition) is 5. The summed E-state index contributed by atoms with van der Waals surface area (Å²) in [5.41, 5.74) is -0.293. The van der Waals surface area contributed by atoms with Gasteiger partial charge in [0, 0.05) is 19.2 Å². The number of nitrogens with zero attached hydrogens (tertiary/aromatic N) is 4. The Labute approximate surface area is 101 Å². The van der Waals surface area contributed by atoms with Gasteiger partial charge in [0.25, 0.3) is 0 Å². The first-order valence-corrected chi connectivity index (χ1v) is 4.97. The third kappa shape index (κ3) is 2.42. The minimum Gasteiger partial charge on any atom is -0.478 e. The maximum atomic E-state index is 13.0. The SMILES string of the molecule is Cn1cnnc1COc1cc(F)ccc1[N+](=O)[O-]. The fourth-order valence-corrected chi connectivity index (χ4v) is 1.33. The molecule has 0 fully saturated rings. The van der Waals surface area contributed by atoms with E-state index in [1.165, 1.54) is 6.33 Å². The molecule has 0 unspecified atom stereocenters. The van der Waals surface area contributed by atoms with Crippen molar-refractivity contribution in [2.45, 2.75) is 6.61 Å². The summed E-state index contributed by atoms with van der Waals surface area (Å²) in [7, 11) is 1.71. The molecule has 0 bridgehead atoms. The van der Waals surface area contributed by atoms with Crippen LogP contribution in [-0.4, -0.2) is 19.7 Å². The van der Waals surface area contributed by atoms with E-state index >= 15 is 0 Å². The second-order valence-corrected chi connectivity index (χ2v) is 3.52. The van der Waals surface area contributed by atoms with Gasteiger partial charge in [0.1, 0.15) is 18.8 Å². The van der Waals surface area contributed by atoms with Gasteiger partial charge in [0.2, 0.25) is 0 Å². The standard InChI is InChI=1S/C10H9FN4O3/c1-14-6-12-13-10(14)5-18-9-4-7(11)2-3-8(9)15(16)17/h2-4,6H,5H2,1H3. The van der Waals surface area contributed by atoms with E-state index in [1.807, 2.05) is 0 Å². The molecule has 1 aromatic carbocycles. The van der Waals surface area contributed by atoms with E-state index in [0.717, 1.165) is 18.2 Å². The molecule has 0 spiro atoms. The number of nitro groups is 1. The second kappa shape index (κ2) is 4.78. The molecule has 18 heavy (non-hydrogen) atoms. The van der Waals surface area contributed by atoms with Gasteiger partial charge >= 0.3 is 5.69 Å². The third-order valence-electron chi connectivity index (χ3n) is 2.28. The van der Waals surface area contributed by atoms with Crippen LogP contribution in [0.1, 0.15) is 5.82 Å². The van der Waals surface area contributed by atoms with Crippen molar-refractivity contribution in [2.24, 2.45) is 7.05 Å². The quantitative estimate of drug-likeness (QED) is 0.607. The van der Waals surface area contributed by atoms with Gasteiger partial charge in [0.05, 0.1) is 4.92 Å². The molecule has 1 aromatic heterocycles. The van der Waals surface area contributed by atoms with Gasteiger partial charge in [0.15, 0.2) is 11.6 Å². The third-order valence-corrected chi connectivity index (χ3v) is 2.28. The fourth-order valence-electron chi connectivity index (χ4n) is 1.33. The van der Waals surface area contributed by atoms with Crippen LogP contribution < -0.4 is 4.74 Å². The molecule has 0 saturated carbocycles. The van der Waals surface area contributed by atoms with Crippen molar-refractivity contribution in [2.75, 3.05) is 0 Å². The van der Waals surface area contributed by atoms with Crippen LogP contribution in [-0.2, 0) is 13.7 Å². The van der Waals surface area contributed by atoms with Crippen molar-refractivity contribution in [3.05, 3.63) is 46.3 Å². The number of rotatable bonds is 4. The molecule has 0 aliphatic heterocycles. The summed E-state index contributed by atoms with van der Waals surface area (Å²) in [5.74, 6) is -0.259. The molecule has 0 saturated heterocycles. The number of aryl methyl sites for hydroxylation is 1. The Morgan fingerprint density at radius 1 is 1.56 bits per heavy atom. The van der Waals surface area contributed by atoms with Crippen LogP contribution in [0.15, 0.2) is 24.5 Å². The molecule has 1 heterocycles. The van der Waals surface area contributed by atoms with E-state index in [1.54, 1.807) is 11.6 Å². The van der Waals surface area contributed by atoms with E-state index in [-0.39, 0.29) is 18.0 Å². The minimum atomic E-state index is -0.633. The molecule has 0 amide bonds. The smallest absolute Gasteiger partial charge is 0.311 e. The highest BCUT2D eigenvalue weighted by atomic mass is 19.1. The van der Waals surface area contributed by atoms with Crippen LogP contribution in [0.25, 0.3) is 0 Å². The second-order valence-electron chi connectivity index (χ2n) is 3.52. The molecule has 0 aliphatic carbocycles. The average Bonchev–Trinajstić information content (AvgIpc) is 2.72. The van der Waals surface area contributed by atoms with Gasteiger partial charge in [-0.1, -0.05) is 0 Å². The average molecular weight is 252 g/mol. The molecule has 94 valence electrons. The lowest BCUT2D eigenvalue weighted by Gasteiger charge is -2.06. The van der Waals surface area contributed by atoms with E-state index in [0.29, 0.717) is 5.82 Å². The predicted molar refractivity (Wildman–Crippen MR) is 58.4 cm³/mol. The summed E-state index contributed by atoms with van der Waals surface area (Å²) >= 11 is 0. The van der Waals surface area contributed by atoms with E-state index in [9.17, 15) is 14.5 Å². The zero-order valence-electron chi connectivity index (χ0n) is 9.41. The van der Waals surface area contributed by atoms with E-state index < -0.39 is 10.7 Å². The van der Waals surface area contributed by atoms with Crippen molar-refractivity contribution in [1.29, 1.82) is 0 Å². The molecule has 0 aliphatic rings. The van der Waals surface area contributed by atoms with Crippen LogP contribution in [0.3, 0.4) is 0 Å². The first-order chi connectivity index (χ1) is 8.58. The van der Waals surface area contributed by atoms with Gasteiger partial charge in [-0.25, -0.2) is 4.39 Å². The highest BCUT2D eigenvalue weighted by molar-refractivity contribution is 5.46. The number of ether oxygens (including phenoxy) is 1. The summed E-state index contributed by atoms with van der Waals surface area (Å²) in [6.45, 7) is -0.0270. The van der Waals surface area contributed by atoms with Gasteiger partial charge in [-0.05, 0) is 6.07 Å². The topological polar surface area (TPSA) is 83.1 Å². The summed E-state index contributed by atoms with van der Waals surface area (Å²) in [5, 5.41) is 18.1. The van der Waals surface area contributed by atoms with Crippen LogP contribution in [0.4, 0.5) is 10.1 Å². The lowest BCUT2D eigenvalue weighted by atomic mass is 10.3. The minimum absolute atomic E-state index is 0.0270. The molecule has 0 atom stereocenters. The summed E-state index contributed by atoms with van der Waals surface area (Å²) in [4.78, 5) is 10.1. The number of benzene rings is 1. The molecule has 0 N–H and O–H groups in total. The molecule has 0 radical (unpaired) electrons. The van der Waals surface area contributed by atoms with E-state index in [2.05, 4.69) is 10.2 Å². The first-order valence-electron chi connectivity index (χ1n) is 4.97. The lowest BCUT2D eigenvalue weighted by molar-refractivity contribution is -0.386. The van der Waals surface area contributed by atoms with E-state index in [4.69, 9.17) is 4.74 Å². The first kappa shape index (κ1) is 12.0. The number of hydrogen-bond donors (Lipinski definition) is 0.